The third kappa shape index (κ3) is 3.10. The van der Waals surface area contributed by atoms with Crippen molar-refractivity contribution < 1.29 is 9.53 Å². The zero-order valence-corrected chi connectivity index (χ0v) is 12.5. The van der Waals surface area contributed by atoms with E-state index in [1.165, 1.54) is 5.56 Å². The number of carbonyl (C=O) groups excluding carboxylic acids is 1. The topological polar surface area (TPSA) is 26.3 Å². The molecule has 2 atom stereocenters. The first-order chi connectivity index (χ1) is 9.74. The minimum Gasteiger partial charge on any atom is -0.461 e. The minimum absolute atomic E-state index is 0.0277. The van der Waals surface area contributed by atoms with Gasteiger partial charge in [-0.1, -0.05) is 58.4 Å². The molecule has 0 N–H and O–H groups in total. The first-order valence-electron chi connectivity index (χ1n) is 6.70. The number of hydrogen-bond acceptors (Lipinski definition) is 2. The van der Waals surface area contributed by atoms with Crippen LogP contribution in [-0.2, 0) is 16.1 Å². The SMILES string of the molecule is O=C(OCc1ccccc1)[C@H]1C[C@@H]1c1ccc(Br)cc1. The first kappa shape index (κ1) is 13.4. The number of ether oxygens (including phenoxy) is 1. The summed E-state index contributed by atoms with van der Waals surface area (Å²) >= 11 is 3.42. The summed E-state index contributed by atoms with van der Waals surface area (Å²) in [5.74, 6) is 0.271. The quantitative estimate of drug-likeness (QED) is 0.781. The molecule has 0 bridgehead atoms. The Morgan fingerprint density at radius 2 is 1.80 bits per heavy atom. The largest absolute Gasteiger partial charge is 0.461 e. The lowest BCUT2D eigenvalue weighted by Gasteiger charge is -2.05. The average Bonchev–Trinajstić information content (AvgIpc) is 3.27. The third-order valence-electron chi connectivity index (χ3n) is 3.62. The number of hydrogen-bond donors (Lipinski definition) is 0. The number of rotatable bonds is 4. The van der Waals surface area contributed by atoms with E-state index in [1.807, 2.05) is 42.5 Å². The Balaban J connectivity index is 1.54. The first-order valence-corrected chi connectivity index (χ1v) is 7.49. The van der Waals surface area contributed by atoms with Crippen LogP contribution in [-0.4, -0.2) is 5.97 Å². The fraction of sp³-hybridized carbons (Fsp3) is 0.235. The van der Waals surface area contributed by atoms with Gasteiger partial charge in [-0.2, -0.15) is 0 Å². The van der Waals surface area contributed by atoms with Gasteiger partial charge in [-0.05, 0) is 35.6 Å². The minimum atomic E-state index is -0.0817. The maximum atomic E-state index is 12.0. The predicted molar refractivity (Wildman–Crippen MR) is 81.2 cm³/mol. The third-order valence-corrected chi connectivity index (χ3v) is 4.14. The Labute approximate surface area is 126 Å². The van der Waals surface area contributed by atoms with Crippen molar-refractivity contribution in [3.8, 4) is 0 Å². The molecule has 2 aromatic rings. The summed E-state index contributed by atoms with van der Waals surface area (Å²) in [7, 11) is 0. The summed E-state index contributed by atoms with van der Waals surface area (Å²) in [6, 6.07) is 17.9. The van der Waals surface area contributed by atoms with Crippen LogP contribution >= 0.6 is 15.9 Å². The van der Waals surface area contributed by atoms with Crippen molar-refractivity contribution in [3.05, 3.63) is 70.2 Å². The molecule has 0 spiro atoms. The number of carbonyl (C=O) groups is 1. The van der Waals surface area contributed by atoms with E-state index < -0.39 is 0 Å². The fourth-order valence-corrected chi connectivity index (χ4v) is 2.63. The molecule has 2 aromatic carbocycles. The van der Waals surface area contributed by atoms with Crippen LogP contribution in [0.3, 0.4) is 0 Å². The molecular formula is C17H15BrO2. The van der Waals surface area contributed by atoms with Gasteiger partial charge in [0.05, 0.1) is 5.92 Å². The molecule has 102 valence electrons. The Kier molecular flexibility index (Phi) is 3.88. The zero-order chi connectivity index (χ0) is 13.9. The molecule has 0 saturated heterocycles. The lowest BCUT2D eigenvalue weighted by Crippen LogP contribution is -2.07. The van der Waals surface area contributed by atoms with Gasteiger partial charge in [-0.3, -0.25) is 4.79 Å². The van der Waals surface area contributed by atoms with Crippen LogP contribution in [0.15, 0.2) is 59.1 Å². The van der Waals surface area contributed by atoms with Crippen LogP contribution in [0.5, 0.6) is 0 Å². The monoisotopic (exact) mass is 330 g/mol. The summed E-state index contributed by atoms with van der Waals surface area (Å²) in [5.41, 5.74) is 2.25. The summed E-state index contributed by atoms with van der Waals surface area (Å²) in [4.78, 5) is 12.0. The van der Waals surface area contributed by atoms with E-state index in [1.54, 1.807) is 0 Å². The van der Waals surface area contributed by atoms with Crippen LogP contribution < -0.4 is 0 Å². The molecule has 0 amide bonds. The van der Waals surface area contributed by atoms with Crippen LogP contribution in [0, 0.1) is 5.92 Å². The second-order valence-electron chi connectivity index (χ2n) is 5.09. The molecule has 3 heteroatoms. The smallest absolute Gasteiger partial charge is 0.309 e. The van der Waals surface area contributed by atoms with E-state index in [9.17, 15) is 4.79 Å². The van der Waals surface area contributed by atoms with Gasteiger partial charge >= 0.3 is 5.97 Å². The van der Waals surface area contributed by atoms with Crippen molar-refractivity contribution in [2.75, 3.05) is 0 Å². The summed E-state index contributed by atoms with van der Waals surface area (Å²) < 4.78 is 6.44. The van der Waals surface area contributed by atoms with Gasteiger partial charge in [0.25, 0.3) is 0 Å². The van der Waals surface area contributed by atoms with Crippen molar-refractivity contribution in [2.45, 2.75) is 18.9 Å². The molecule has 0 aliphatic heterocycles. The highest BCUT2D eigenvalue weighted by atomic mass is 79.9. The summed E-state index contributed by atoms with van der Waals surface area (Å²) in [6.45, 7) is 0.364. The van der Waals surface area contributed by atoms with E-state index in [-0.39, 0.29) is 11.9 Å². The van der Waals surface area contributed by atoms with Gasteiger partial charge in [0.2, 0.25) is 0 Å². The van der Waals surface area contributed by atoms with Crippen LogP contribution in [0.1, 0.15) is 23.5 Å². The Bertz CT molecular complexity index is 592. The van der Waals surface area contributed by atoms with Crippen molar-refractivity contribution in [1.29, 1.82) is 0 Å². The van der Waals surface area contributed by atoms with Crippen molar-refractivity contribution in [2.24, 2.45) is 5.92 Å². The maximum Gasteiger partial charge on any atom is 0.309 e. The van der Waals surface area contributed by atoms with Gasteiger partial charge in [-0.15, -0.1) is 0 Å². The summed E-state index contributed by atoms with van der Waals surface area (Å²) in [5, 5.41) is 0. The highest BCUT2D eigenvalue weighted by Gasteiger charge is 2.45. The van der Waals surface area contributed by atoms with Crippen LogP contribution in [0.25, 0.3) is 0 Å². The molecule has 1 fully saturated rings. The standard InChI is InChI=1S/C17H15BrO2/c18-14-8-6-13(7-9-14)15-10-16(15)17(19)20-11-12-4-2-1-3-5-12/h1-9,15-16H,10-11H2/t15-,16+/m1/s1. The second kappa shape index (κ2) is 5.80. The Morgan fingerprint density at radius 1 is 1.10 bits per heavy atom. The normalized spacial score (nSPS) is 20.4. The Hall–Kier alpha value is -1.61. The highest BCUT2D eigenvalue weighted by molar-refractivity contribution is 9.10. The molecule has 0 aromatic heterocycles. The van der Waals surface area contributed by atoms with E-state index in [0.29, 0.717) is 12.5 Å². The van der Waals surface area contributed by atoms with Crippen molar-refractivity contribution >= 4 is 21.9 Å². The molecule has 1 saturated carbocycles. The van der Waals surface area contributed by atoms with E-state index in [2.05, 4.69) is 28.1 Å². The molecule has 0 unspecified atom stereocenters. The molecule has 3 rings (SSSR count). The molecule has 0 heterocycles. The lowest BCUT2D eigenvalue weighted by molar-refractivity contribution is -0.146. The maximum absolute atomic E-state index is 12.0. The number of halogens is 1. The number of benzene rings is 2. The molecular weight excluding hydrogens is 316 g/mol. The van der Waals surface area contributed by atoms with Gasteiger partial charge in [-0.25, -0.2) is 0 Å². The van der Waals surface area contributed by atoms with Gasteiger partial charge in [0.15, 0.2) is 0 Å². The molecule has 1 aliphatic carbocycles. The highest BCUT2D eigenvalue weighted by Crippen LogP contribution is 2.48. The van der Waals surface area contributed by atoms with E-state index >= 15 is 0 Å². The average molecular weight is 331 g/mol. The predicted octanol–water partition coefficient (Wildman–Crippen LogP) is 4.30. The molecule has 1 aliphatic rings. The second-order valence-corrected chi connectivity index (χ2v) is 6.01. The molecule has 2 nitrogen and oxygen atoms in total. The molecule has 20 heavy (non-hydrogen) atoms. The van der Waals surface area contributed by atoms with Gasteiger partial charge in [0.1, 0.15) is 6.61 Å². The zero-order valence-electron chi connectivity index (χ0n) is 11.0. The van der Waals surface area contributed by atoms with Gasteiger partial charge in [0, 0.05) is 4.47 Å². The summed E-state index contributed by atoms with van der Waals surface area (Å²) in [6.07, 6.45) is 0.898. The van der Waals surface area contributed by atoms with Crippen molar-refractivity contribution in [3.63, 3.8) is 0 Å². The number of esters is 1. The van der Waals surface area contributed by atoms with E-state index in [0.717, 1.165) is 16.5 Å². The Morgan fingerprint density at radius 3 is 2.50 bits per heavy atom. The fourth-order valence-electron chi connectivity index (χ4n) is 2.37. The molecule has 0 radical (unpaired) electrons. The van der Waals surface area contributed by atoms with E-state index in [4.69, 9.17) is 4.74 Å². The van der Waals surface area contributed by atoms with Crippen LogP contribution in [0.4, 0.5) is 0 Å². The van der Waals surface area contributed by atoms with Gasteiger partial charge < -0.3 is 4.74 Å². The van der Waals surface area contributed by atoms with Crippen molar-refractivity contribution in [1.82, 2.24) is 0 Å². The van der Waals surface area contributed by atoms with Crippen LogP contribution in [0.2, 0.25) is 0 Å². The lowest BCUT2D eigenvalue weighted by atomic mass is 10.1.